The van der Waals surface area contributed by atoms with Gasteiger partial charge in [0, 0.05) is 18.5 Å². The second-order valence-corrected chi connectivity index (χ2v) is 5.08. The average molecular weight is 230 g/mol. The van der Waals surface area contributed by atoms with Gasteiger partial charge in [0.25, 0.3) is 0 Å². The third-order valence-corrected chi connectivity index (χ3v) is 3.26. The smallest absolute Gasteiger partial charge is 0.160 e. The Bertz CT molecular complexity index is 552. The van der Waals surface area contributed by atoms with Gasteiger partial charge in [-0.25, -0.2) is 9.97 Å². The van der Waals surface area contributed by atoms with Crippen molar-refractivity contribution in [2.75, 3.05) is 0 Å². The summed E-state index contributed by atoms with van der Waals surface area (Å²) in [6.07, 6.45) is 2.50. The van der Waals surface area contributed by atoms with E-state index in [1.807, 2.05) is 12.1 Å². The Balaban J connectivity index is 2.24. The SMILES string of the molecule is CC(C)c1nc2ccc(CN)nc2n1C1CC1. The normalized spacial score (nSPS) is 16.0. The summed E-state index contributed by atoms with van der Waals surface area (Å²) in [7, 11) is 0. The summed E-state index contributed by atoms with van der Waals surface area (Å²) < 4.78 is 2.32. The van der Waals surface area contributed by atoms with Gasteiger partial charge in [0.1, 0.15) is 11.3 Å². The van der Waals surface area contributed by atoms with Crippen LogP contribution in [0, 0.1) is 0 Å². The number of nitrogens with two attached hydrogens (primary N) is 1. The maximum atomic E-state index is 5.66. The van der Waals surface area contributed by atoms with Gasteiger partial charge in [-0.05, 0) is 25.0 Å². The molecule has 0 spiro atoms. The third-order valence-electron chi connectivity index (χ3n) is 3.26. The molecule has 1 fully saturated rings. The highest BCUT2D eigenvalue weighted by molar-refractivity contribution is 5.72. The van der Waals surface area contributed by atoms with E-state index in [4.69, 9.17) is 10.7 Å². The van der Waals surface area contributed by atoms with Crippen LogP contribution >= 0.6 is 0 Å². The van der Waals surface area contributed by atoms with Gasteiger partial charge < -0.3 is 10.3 Å². The van der Waals surface area contributed by atoms with Crippen molar-refractivity contribution in [1.29, 1.82) is 0 Å². The van der Waals surface area contributed by atoms with Crippen molar-refractivity contribution in [3.05, 3.63) is 23.7 Å². The summed E-state index contributed by atoms with van der Waals surface area (Å²) >= 11 is 0. The topological polar surface area (TPSA) is 56.7 Å². The summed E-state index contributed by atoms with van der Waals surface area (Å²) in [6.45, 7) is 4.86. The van der Waals surface area contributed by atoms with Gasteiger partial charge in [-0.2, -0.15) is 0 Å². The molecule has 2 aromatic rings. The highest BCUT2D eigenvalue weighted by Crippen LogP contribution is 2.39. The van der Waals surface area contributed by atoms with Gasteiger partial charge in [-0.1, -0.05) is 13.8 Å². The standard InChI is InChI=1S/C13H18N4/c1-8(2)12-16-11-6-3-9(7-14)15-13(11)17(12)10-4-5-10/h3,6,8,10H,4-5,7,14H2,1-2H3. The number of imidazole rings is 1. The zero-order valence-electron chi connectivity index (χ0n) is 10.3. The molecule has 1 aliphatic rings. The van der Waals surface area contributed by atoms with Gasteiger partial charge >= 0.3 is 0 Å². The van der Waals surface area contributed by atoms with Gasteiger partial charge in [0.2, 0.25) is 0 Å². The van der Waals surface area contributed by atoms with E-state index >= 15 is 0 Å². The lowest BCUT2D eigenvalue weighted by Crippen LogP contribution is -2.05. The first-order valence-corrected chi connectivity index (χ1v) is 6.28. The molecule has 0 saturated heterocycles. The van der Waals surface area contributed by atoms with E-state index in [0.717, 1.165) is 22.7 Å². The molecule has 1 saturated carbocycles. The van der Waals surface area contributed by atoms with Crippen molar-refractivity contribution in [3.8, 4) is 0 Å². The van der Waals surface area contributed by atoms with Crippen molar-refractivity contribution < 1.29 is 0 Å². The number of nitrogens with zero attached hydrogens (tertiary/aromatic N) is 3. The maximum Gasteiger partial charge on any atom is 0.160 e. The number of pyridine rings is 1. The fourth-order valence-electron chi connectivity index (χ4n) is 2.24. The minimum absolute atomic E-state index is 0.436. The van der Waals surface area contributed by atoms with E-state index in [2.05, 4.69) is 23.4 Å². The predicted molar refractivity (Wildman–Crippen MR) is 67.8 cm³/mol. The molecule has 0 unspecified atom stereocenters. The van der Waals surface area contributed by atoms with Crippen LogP contribution in [0.2, 0.25) is 0 Å². The third kappa shape index (κ3) is 1.72. The highest BCUT2D eigenvalue weighted by atomic mass is 15.2. The Kier molecular flexibility index (Phi) is 2.40. The van der Waals surface area contributed by atoms with E-state index in [1.165, 1.54) is 12.8 Å². The van der Waals surface area contributed by atoms with Crippen LogP contribution in [-0.2, 0) is 6.54 Å². The van der Waals surface area contributed by atoms with Gasteiger partial charge in [-0.15, -0.1) is 0 Å². The molecule has 4 heteroatoms. The number of hydrogen-bond acceptors (Lipinski definition) is 3. The maximum absolute atomic E-state index is 5.66. The van der Waals surface area contributed by atoms with Crippen LogP contribution in [-0.4, -0.2) is 14.5 Å². The van der Waals surface area contributed by atoms with Crippen LogP contribution in [0.5, 0.6) is 0 Å². The summed E-state index contributed by atoms with van der Waals surface area (Å²) in [6, 6.07) is 4.62. The lowest BCUT2D eigenvalue weighted by atomic mass is 10.2. The summed E-state index contributed by atoms with van der Waals surface area (Å²) in [4.78, 5) is 9.34. The Morgan fingerprint density at radius 3 is 2.71 bits per heavy atom. The molecule has 0 bridgehead atoms. The Labute approximate surface area is 101 Å². The van der Waals surface area contributed by atoms with Gasteiger partial charge in [0.05, 0.1) is 5.69 Å². The number of aromatic nitrogens is 3. The molecule has 17 heavy (non-hydrogen) atoms. The lowest BCUT2D eigenvalue weighted by molar-refractivity contribution is 0.650. The largest absolute Gasteiger partial charge is 0.325 e. The van der Waals surface area contributed by atoms with Crippen molar-refractivity contribution in [2.24, 2.45) is 5.73 Å². The highest BCUT2D eigenvalue weighted by Gasteiger charge is 2.29. The zero-order valence-corrected chi connectivity index (χ0v) is 10.3. The van der Waals surface area contributed by atoms with Crippen molar-refractivity contribution in [2.45, 2.75) is 45.2 Å². The molecule has 2 heterocycles. The summed E-state index contributed by atoms with van der Waals surface area (Å²) in [5, 5.41) is 0. The first-order chi connectivity index (χ1) is 8.20. The van der Waals surface area contributed by atoms with Crippen LogP contribution in [0.4, 0.5) is 0 Å². The van der Waals surface area contributed by atoms with E-state index < -0.39 is 0 Å². The Hall–Kier alpha value is -1.42. The second-order valence-electron chi connectivity index (χ2n) is 5.08. The van der Waals surface area contributed by atoms with E-state index in [0.29, 0.717) is 18.5 Å². The Morgan fingerprint density at radius 2 is 2.12 bits per heavy atom. The predicted octanol–water partition coefficient (Wildman–Crippen LogP) is 2.35. The van der Waals surface area contributed by atoms with E-state index in [1.54, 1.807) is 0 Å². The van der Waals surface area contributed by atoms with Crippen molar-refractivity contribution >= 4 is 11.2 Å². The monoisotopic (exact) mass is 230 g/mol. The lowest BCUT2D eigenvalue weighted by Gasteiger charge is -2.09. The molecule has 0 amide bonds. The zero-order chi connectivity index (χ0) is 12.0. The molecule has 3 rings (SSSR count). The first-order valence-electron chi connectivity index (χ1n) is 6.28. The fraction of sp³-hybridized carbons (Fsp3) is 0.538. The molecule has 1 aliphatic carbocycles. The molecule has 2 N–H and O–H groups in total. The first kappa shape index (κ1) is 10.7. The number of hydrogen-bond donors (Lipinski definition) is 1. The molecule has 90 valence electrons. The van der Waals surface area contributed by atoms with E-state index in [-0.39, 0.29) is 0 Å². The van der Waals surface area contributed by atoms with Crippen LogP contribution in [0.3, 0.4) is 0 Å². The van der Waals surface area contributed by atoms with Crippen molar-refractivity contribution in [3.63, 3.8) is 0 Å². The molecule has 4 nitrogen and oxygen atoms in total. The minimum Gasteiger partial charge on any atom is -0.325 e. The number of rotatable bonds is 3. The summed E-state index contributed by atoms with van der Waals surface area (Å²) in [5.41, 5.74) is 8.61. The molecule has 0 aromatic carbocycles. The summed E-state index contributed by atoms with van der Waals surface area (Å²) in [5.74, 6) is 1.59. The molecule has 0 atom stereocenters. The quantitative estimate of drug-likeness (QED) is 0.880. The molecule has 0 radical (unpaired) electrons. The van der Waals surface area contributed by atoms with Gasteiger partial charge in [-0.3, -0.25) is 0 Å². The molecule has 2 aromatic heterocycles. The fourth-order valence-corrected chi connectivity index (χ4v) is 2.24. The van der Waals surface area contributed by atoms with Gasteiger partial charge in [0.15, 0.2) is 5.65 Å². The van der Waals surface area contributed by atoms with Crippen LogP contribution in [0.1, 0.15) is 50.2 Å². The van der Waals surface area contributed by atoms with Crippen LogP contribution in [0.25, 0.3) is 11.2 Å². The minimum atomic E-state index is 0.436. The molecular weight excluding hydrogens is 212 g/mol. The Morgan fingerprint density at radius 1 is 1.35 bits per heavy atom. The second kappa shape index (κ2) is 3.81. The molecule has 0 aliphatic heterocycles. The van der Waals surface area contributed by atoms with Crippen LogP contribution < -0.4 is 5.73 Å². The molecular formula is C13H18N4. The number of fused-ring (bicyclic) bond motifs is 1. The van der Waals surface area contributed by atoms with Crippen LogP contribution in [0.15, 0.2) is 12.1 Å². The van der Waals surface area contributed by atoms with Crippen molar-refractivity contribution in [1.82, 2.24) is 14.5 Å². The van der Waals surface area contributed by atoms with E-state index in [9.17, 15) is 0 Å². The average Bonchev–Trinajstić information content (AvgIpc) is 3.08.